The Morgan fingerprint density at radius 3 is 2.63 bits per heavy atom. The summed E-state index contributed by atoms with van der Waals surface area (Å²) in [7, 11) is 1.38. The van der Waals surface area contributed by atoms with Gasteiger partial charge in [0.05, 0.1) is 19.6 Å². The summed E-state index contributed by atoms with van der Waals surface area (Å²) in [5.41, 5.74) is 0.915. The maximum Gasteiger partial charge on any atom is 0.307 e. The maximum atomic E-state index is 12.8. The van der Waals surface area contributed by atoms with Crippen molar-refractivity contribution in [2.75, 3.05) is 13.7 Å². The van der Waals surface area contributed by atoms with Crippen molar-refractivity contribution in [2.24, 2.45) is 0 Å². The lowest BCUT2D eigenvalue weighted by Gasteiger charge is -2.33. The van der Waals surface area contributed by atoms with Crippen molar-refractivity contribution in [3.8, 4) is 5.75 Å². The lowest BCUT2D eigenvalue weighted by atomic mass is 9.94. The number of nitrogens with zero attached hydrogens (tertiary/aromatic N) is 1. The Morgan fingerprint density at radius 2 is 1.96 bits per heavy atom. The standard InChI is InChI=1S/C22H31NO4/c1-17(2)27-20-11-7-8-18(16-20)12-13-21(24)23(15-14-22(25)26-3)19-9-5-4-6-10-19/h7-8,11-13,16-17,19H,4-6,9-10,14-15H2,1-3H3/b13-12+. The van der Waals surface area contributed by atoms with Gasteiger partial charge in [-0.25, -0.2) is 0 Å². The Balaban J connectivity index is 2.06. The van der Waals surface area contributed by atoms with E-state index in [-0.39, 0.29) is 30.4 Å². The molecule has 0 bridgehead atoms. The molecule has 0 N–H and O–H groups in total. The highest BCUT2D eigenvalue weighted by Crippen LogP contribution is 2.23. The van der Waals surface area contributed by atoms with E-state index in [0.29, 0.717) is 6.54 Å². The predicted molar refractivity (Wildman–Crippen MR) is 106 cm³/mol. The molecule has 148 valence electrons. The molecule has 0 radical (unpaired) electrons. The van der Waals surface area contributed by atoms with Gasteiger partial charge >= 0.3 is 5.97 Å². The molecule has 27 heavy (non-hydrogen) atoms. The fraction of sp³-hybridized carbons (Fsp3) is 0.545. The van der Waals surface area contributed by atoms with Gasteiger partial charge in [0.1, 0.15) is 5.75 Å². The van der Waals surface area contributed by atoms with Crippen LogP contribution in [0.2, 0.25) is 0 Å². The average Bonchev–Trinajstić information content (AvgIpc) is 2.67. The van der Waals surface area contributed by atoms with Crippen LogP contribution >= 0.6 is 0 Å². The van der Waals surface area contributed by atoms with Crippen molar-refractivity contribution in [2.45, 2.75) is 64.5 Å². The highest BCUT2D eigenvalue weighted by atomic mass is 16.5. The van der Waals surface area contributed by atoms with Crippen molar-refractivity contribution in [1.29, 1.82) is 0 Å². The zero-order chi connectivity index (χ0) is 19.6. The number of rotatable bonds is 8. The zero-order valence-electron chi connectivity index (χ0n) is 16.6. The molecular formula is C22H31NO4. The predicted octanol–water partition coefficient (Wildman–Crippen LogP) is 4.21. The minimum Gasteiger partial charge on any atom is -0.491 e. The van der Waals surface area contributed by atoms with Gasteiger partial charge in [-0.2, -0.15) is 0 Å². The van der Waals surface area contributed by atoms with Gasteiger partial charge in [0.2, 0.25) is 5.91 Å². The van der Waals surface area contributed by atoms with Crippen LogP contribution in [0.1, 0.15) is 57.9 Å². The first kappa shape index (κ1) is 21.0. The van der Waals surface area contributed by atoms with Crippen LogP contribution < -0.4 is 4.74 Å². The van der Waals surface area contributed by atoms with Crippen molar-refractivity contribution in [3.63, 3.8) is 0 Å². The Kier molecular flexibility index (Phi) is 8.37. The lowest BCUT2D eigenvalue weighted by Crippen LogP contribution is -2.41. The van der Waals surface area contributed by atoms with Crippen molar-refractivity contribution in [3.05, 3.63) is 35.9 Å². The van der Waals surface area contributed by atoms with Crippen LogP contribution in [-0.4, -0.2) is 42.6 Å². The largest absolute Gasteiger partial charge is 0.491 e. The molecule has 0 aliphatic heterocycles. The molecule has 0 heterocycles. The number of esters is 1. The molecule has 0 atom stereocenters. The molecule has 0 unspecified atom stereocenters. The summed E-state index contributed by atoms with van der Waals surface area (Å²) in [5.74, 6) is 0.446. The monoisotopic (exact) mass is 373 g/mol. The minimum atomic E-state index is -0.286. The summed E-state index contributed by atoms with van der Waals surface area (Å²) < 4.78 is 10.4. The second-order valence-corrected chi connectivity index (χ2v) is 7.22. The topological polar surface area (TPSA) is 55.8 Å². The van der Waals surface area contributed by atoms with E-state index in [9.17, 15) is 9.59 Å². The Labute approximate surface area is 162 Å². The van der Waals surface area contributed by atoms with E-state index in [2.05, 4.69) is 0 Å². The second-order valence-electron chi connectivity index (χ2n) is 7.22. The first-order chi connectivity index (χ1) is 13.0. The van der Waals surface area contributed by atoms with Gasteiger partial charge in [0, 0.05) is 18.7 Å². The first-order valence-corrected chi connectivity index (χ1v) is 9.82. The highest BCUT2D eigenvalue weighted by molar-refractivity contribution is 5.92. The van der Waals surface area contributed by atoms with E-state index in [1.807, 2.05) is 49.1 Å². The smallest absolute Gasteiger partial charge is 0.307 e. The summed E-state index contributed by atoms with van der Waals surface area (Å²) in [6, 6.07) is 7.89. The number of hydrogen-bond acceptors (Lipinski definition) is 4. The third-order valence-corrected chi connectivity index (χ3v) is 4.73. The van der Waals surface area contributed by atoms with Gasteiger partial charge in [-0.1, -0.05) is 31.4 Å². The number of methoxy groups -OCH3 is 1. The summed E-state index contributed by atoms with van der Waals surface area (Å²) in [4.78, 5) is 26.2. The number of ether oxygens (including phenoxy) is 2. The molecule has 0 spiro atoms. The van der Waals surface area contributed by atoms with Crippen LogP contribution in [0.15, 0.2) is 30.3 Å². The third-order valence-electron chi connectivity index (χ3n) is 4.73. The molecule has 0 saturated heterocycles. The molecule has 1 aliphatic rings. The fourth-order valence-corrected chi connectivity index (χ4v) is 3.41. The molecule has 1 saturated carbocycles. The number of benzene rings is 1. The normalized spacial score (nSPS) is 15.1. The molecule has 1 amide bonds. The lowest BCUT2D eigenvalue weighted by molar-refractivity contribution is -0.141. The molecule has 1 aromatic rings. The molecule has 0 aromatic heterocycles. The molecule has 5 heteroatoms. The average molecular weight is 373 g/mol. The van der Waals surface area contributed by atoms with Gasteiger partial charge in [0.15, 0.2) is 0 Å². The van der Waals surface area contributed by atoms with E-state index in [1.54, 1.807) is 6.08 Å². The molecule has 2 rings (SSSR count). The zero-order valence-corrected chi connectivity index (χ0v) is 16.6. The van der Waals surface area contributed by atoms with Crippen LogP contribution in [0, 0.1) is 0 Å². The molecule has 1 aliphatic carbocycles. The van der Waals surface area contributed by atoms with Crippen molar-refractivity contribution < 1.29 is 19.1 Å². The van der Waals surface area contributed by atoms with Crippen LogP contribution in [-0.2, 0) is 14.3 Å². The Morgan fingerprint density at radius 1 is 1.22 bits per heavy atom. The first-order valence-electron chi connectivity index (χ1n) is 9.82. The number of carbonyl (C=O) groups excluding carboxylic acids is 2. The maximum absolute atomic E-state index is 12.8. The highest BCUT2D eigenvalue weighted by Gasteiger charge is 2.24. The summed E-state index contributed by atoms with van der Waals surface area (Å²) in [5, 5.41) is 0. The summed E-state index contributed by atoms with van der Waals surface area (Å²) in [6.07, 6.45) is 9.21. The molecule has 1 fully saturated rings. The molecular weight excluding hydrogens is 342 g/mol. The van der Waals surface area contributed by atoms with Crippen molar-refractivity contribution >= 4 is 18.0 Å². The summed E-state index contributed by atoms with van der Waals surface area (Å²) in [6.45, 7) is 4.36. The third kappa shape index (κ3) is 7.08. The van der Waals surface area contributed by atoms with Crippen LogP contribution in [0.3, 0.4) is 0 Å². The quantitative estimate of drug-likeness (QED) is 0.506. The van der Waals surface area contributed by atoms with Gasteiger partial charge in [-0.05, 0) is 50.5 Å². The van der Waals surface area contributed by atoms with Gasteiger partial charge in [-0.3, -0.25) is 9.59 Å². The van der Waals surface area contributed by atoms with Crippen LogP contribution in [0.5, 0.6) is 5.75 Å². The number of hydrogen-bond donors (Lipinski definition) is 0. The molecule has 5 nitrogen and oxygen atoms in total. The van der Waals surface area contributed by atoms with Crippen molar-refractivity contribution in [1.82, 2.24) is 4.90 Å². The molecule has 1 aromatic carbocycles. The van der Waals surface area contributed by atoms with Gasteiger partial charge in [-0.15, -0.1) is 0 Å². The van der Waals surface area contributed by atoms with Gasteiger partial charge < -0.3 is 14.4 Å². The summed E-state index contributed by atoms with van der Waals surface area (Å²) >= 11 is 0. The van der Waals surface area contributed by atoms with Crippen LogP contribution in [0.4, 0.5) is 0 Å². The minimum absolute atomic E-state index is 0.0546. The van der Waals surface area contributed by atoms with Gasteiger partial charge in [0.25, 0.3) is 0 Å². The van der Waals surface area contributed by atoms with E-state index in [0.717, 1.165) is 37.0 Å². The van der Waals surface area contributed by atoms with E-state index < -0.39 is 0 Å². The SMILES string of the molecule is COC(=O)CCN(C(=O)/C=C/c1cccc(OC(C)C)c1)C1CCCCC1. The second kappa shape index (κ2) is 10.8. The fourth-order valence-electron chi connectivity index (χ4n) is 3.41. The number of carbonyl (C=O) groups is 2. The van der Waals surface area contributed by atoms with E-state index >= 15 is 0 Å². The number of amides is 1. The van der Waals surface area contributed by atoms with Crippen LogP contribution in [0.25, 0.3) is 6.08 Å². The Hall–Kier alpha value is -2.30. The Bertz CT molecular complexity index is 647. The van der Waals surface area contributed by atoms with E-state index in [1.165, 1.54) is 13.5 Å². The van der Waals surface area contributed by atoms with E-state index in [4.69, 9.17) is 9.47 Å².